The summed E-state index contributed by atoms with van der Waals surface area (Å²) in [5.74, 6) is -1.10. The molecule has 216 valence electrons. The molecule has 0 radical (unpaired) electrons. The van der Waals surface area contributed by atoms with Gasteiger partial charge in [-0.25, -0.2) is 12.7 Å². The van der Waals surface area contributed by atoms with Crippen LogP contribution in [0.15, 0.2) is 83.8 Å². The van der Waals surface area contributed by atoms with Crippen LogP contribution in [0.1, 0.15) is 60.2 Å². The molecule has 2 atom stereocenters. The van der Waals surface area contributed by atoms with Gasteiger partial charge in [-0.1, -0.05) is 73.7 Å². The van der Waals surface area contributed by atoms with Crippen LogP contribution in [0.25, 0.3) is 0 Å². The molecule has 1 heterocycles. The second-order valence-corrected chi connectivity index (χ2v) is 12.3. The van der Waals surface area contributed by atoms with Gasteiger partial charge in [-0.2, -0.15) is 0 Å². The predicted molar refractivity (Wildman–Crippen MR) is 157 cm³/mol. The van der Waals surface area contributed by atoms with Crippen molar-refractivity contribution >= 4 is 27.7 Å². The van der Waals surface area contributed by atoms with E-state index in [4.69, 9.17) is 0 Å². The number of carbonyl (C=O) groups excluding carboxylic acids is 3. The third kappa shape index (κ3) is 6.85. The second-order valence-electron chi connectivity index (χ2n) is 10.5. The first-order valence-electron chi connectivity index (χ1n) is 14.0. The lowest BCUT2D eigenvalue weighted by molar-refractivity contribution is -0.141. The quantitative estimate of drug-likeness (QED) is 0.343. The van der Waals surface area contributed by atoms with Gasteiger partial charge in [0.05, 0.1) is 5.56 Å². The van der Waals surface area contributed by atoms with Crippen LogP contribution >= 0.6 is 0 Å². The SMILES string of the molecule is CC[C@@H](C)NC(=O)[C@H](Cc1ccccc1)N(Cc1ccccc1C)C(=O)CCCN1C(=O)c2ccccc2S1(=O)=O. The van der Waals surface area contributed by atoms with Gasteiger partial charge in [0.25, 0.3) is 15.9 Å². The Morgan fingerprint density at radius 3 is 2.29 bits per heavy atom. The maximum absolute atomic E-state index is 13.9. The smallest absolute Gasteiger partial charge is 0.269 e. The van der Waals surface area contributed by atoms with E-state index in [1.165, 1.54) is 12.1 Å². The van der Waals surface area contributed by atoms with Crippen LogP contribution in [0.4, 0.5) is 0 Å². The number of nitrogens with one attached hydrogen (secondary N) is 1. The zero-order chi connectivity index (χ0) is 29.6. The molecule has 41 heavy (non-hydrogen) atoms. The van der Waals surface area contributed by atoms with Crippen molar-refractivity contribution in [2.75, 3.05) is 6.54 Å². The molecule has 3 aromatic rings. The normalized spacial score (nSPS) is 15.2. The Kier molecular flexibility index (Phi) is 9.60. The molecule has 9 heteroatoms. The number of fused-ring (bicyclic) bond motifs is 1. The molecule has 0 unspecified atom stereocenters. The third-order valence-electron chi connectivity index (χ3n) is 7.54. The van der Waals surface area contributed by atoms with E-state index in [1.54, 1.807) is 17.0 Å². The Labute approximate surface area is 242 Å². The molecule has 0 fully saturated rings. The molecule has 8 nitrogen and oxygen atoms in total. The van der Waals surface area contributed by atoms with E-state index in [-0.39, 0.29) is 54.2 Å². The number of carbonyl (C=O) groups is 3. The molecule has 1 N–H and O–H groups in total. The molecule has 0 spiro atoms. The highest BCUT2D eigenvalue weighted by Gasteiger charge is 2.40. The maximum atomic E-state index is 13.9. The zero-order valence-electron chi connectivity index (χ0n) is 23.7. The molecule has 3 aromatic carbocycles. The number of sulfonamides is 1. The monoisotopic (exact) mass is 575 g/mol. The van der Waals surface area contributed by atoms with Gasteiger partial charge in [-0.3, -0.25) is 14.4 Å². The fourth-order valence-corrected chi connectivity index (χ4v) is 6.54. The average Bonchev–Trinajstić information content (AvgIpc) is 3.16. The lowest BCUT2D eigenvalue weighted by atomic mass is 10.0. The topological polar surface area (TPSA) is 104 Å². The van der Waals surface area contributed by atoms with Crippen LogP contribution in [0.2, 0.25) is 0 Å². The molecular weight excluding hydrogens is 538 g/mol. The van der Waals surface area contributed by atoms with Crippen molar-refractivity contribution in [3.05, 3.63) is 101 Å². The largest absolute Gasteiger partial charge is 0.352 e. The second kappa shape index (κ2) is 13.1. The minimum atomic E-state index is -3.96. The average molecular weight is 576 g/mol. The number of nitrogens with zero attached hydrogens (tertiary/aromatic N) is 2. The maximum Gasteiger partial charge on any atom is 0.269 e. The molecule has 0 aromatic heterocycles. The fraction of sp³-hybridized carbons (Fsp3) is 0.344. The number of hydrogen-bond acceptors (Lipinski definition) is 5. The van der Waals surface area contributed by atoms with Crippen LogP contribution in [0.5, 0.6) is 0 Å². The van der Waals surface area contributed by atoms with Gasteiger partial charge >= 0.3 is 0 Å². The van der Waals surface area contributed by atoms with Gasteiger partial charge in [0, 0.05) is 32.0 Å². The van der Waals surface area contributed by atoms with E-state index in [0.717, 1.165) is 27.4 Å². The number of hydrogen-bond donors (Lipinski definition) is 1. The van der Waals surface area contributed by atoms with E-state index < -0.39 is 22.0 Å². The van der Waals surface area contributed by atoms with Crippen molar-refractivity contribution in [2.45, 2.75) is 70.0 Å². The minimum absolute atomic E-state index is 0.0119. The highest BCUT2D eigenvalue weighted by atomic mass is 32.2. The van der Waals surface area contributed by atoms with Crippen molar-refractivity contribution in [2.24, 2.45) is 0 Å². The Hall–Kier alpha value is -3.98. The van der Waals surface area contributed by atoms with E-state index >= 15 is 0 Å². The highest BCUT2D eigenvalue weighted by Crippen LogP contribution is 2.30. The zero-order valence-corrected chi connectivity index (χ0v) is 24.6. The summed E-state index contributed by atoms with van der Waals surface area (Å²) >= 11 is 0. The molecule has 3 amide bonds. The summed E-state index contributed by atoms with van der Waals surface area (Å²) in [6, 6.07) is 22.6. The standard InChI is InChI=1S/C32H37N3O5S/c1-4-24(3)33-31(37)28(21-25-14-6-5-7-15-25)34(22-26-16-9-8-13-23(26)2)30(36)19-12-20-35-32(38)27-17-10-11-18-29(27)41(35,39)40/h5-11,13-18,24,28H,4,12,19-22H2,1-3H3,(H,33,37)/t24-,28+/m1/s1. The number of amides is 3. The van der Waals surface area contributed by atoms with Gasteiger partial charge in [-0.05, 0) is 55.5 Å². The van der Waals surface area contributed by atoms with Gasteiger partial charge in [0.15, 0.2) is 0 Å². The van der Waals surface area contributed by atoms with Gasteiger partial charge < -0.3 is 10.2 Å². The molecule has 0 aliphatic carbocycles. The predicted octanol–water partition coefficient (Wildman–Crippen LogP) is 4.47. The van der Waals surface area contributed by atoms with Gasteiger partial charge in [-0.15, -0.1) is 0 Å². The first-order valence-corrected chi connectivity index (χ1v) is 15.4. The summed E-state index contributed by atoms with van der Waals surface area (Å²) in [6.07, 6.45) is 1.18. The van der Waals surface area contributed by atoms with Crippen molar-refractivity contribution in [1.29, 1.82) is 0 Å². The van der Waals surface area contributed by atoms with Crippen molar-refractivity contribution < 1.29 is 22.8 Å². The summed E-state index contributed by atoms with van der Waals surface area (Å²) in [5, 5.41) is 3.05. The minimum Gasteiger partial charge on any atom is -0.352 e. The summed E-state index contributed by atoms with van der Waals surface area (Å²) in [5.41, 5.74) is 2.98. The fourth-order valence-electron chi connectivity index (χ4n) is 4.94. The van der Waals surface area contributed by atoms with E-state index in [9.17, 15) is 22.8 Å². The van der Waals surface area contributed by atoms with Crippen molar-refractivity contribution in [3.8, 4) is 0 Å². The number of benzene rings is 3. The highest BCUT2D eigenvalue weighted by molar-refractivity contribution is 7.90. The van der Waals surface area contributed by atoms with Crippen LogP contribution in [-0.2, 0) is 32.6 Å². The Balaban J connectivity index is 1.58. The molecular formula is C32H37N3O5S. The Morgan fingerprint density at radius 1 is 0.951 bits per heavy atom. The summed E-state index contributed by atoms with van der Waals surface area (Å²) < 4.78 is 26.8. The number of aryl methyl sites for hydroxylation is 1. The summed E-state index contributed by atoms with van der Waals surface area (Å²) in [4.78, 5) is 41.9. The first-order chi connectivity index (χ1) is 19.6. The Bertz CT molecular complexity index is 1510. The van der Waals surface area contributed by atoms with Gasteiger partial charge in [0.1, 0.15) is 10.9 Å². The third-order valence-corrected chi connectivity index (χ3v) is 9.38. The van der Waals surface area contributed by atoms with Gasteiger partial charge in [0.2, 0.25) is 11.8 Å². The van der Waals surface area contributed by atoms with E-state index in [2.05, 4.69) is 5.32 Å². The molecule has 4 rings (SSSR count). The molecule has 0 bridgehead atoms. The van der Waals surface area contributed by atoms with Crippen LogP contribution in [0, 0.1) is 6.92 Å². The van der Waals surface area contributed by atoms with Crippen molar-refractivity contribution in [1.82, 2.24) is 14.5 Å². The van der Waals surface area contributed by atoms with Crippen LogP contribution in [-0.4, -0.2) is 54.0 Å². The van der Waals surface area contributed by atoms with Crippen LogP contribution < -0.4 is 5.32 Å². The summed E-state index contributed by atoms with van der Waals surface area (Å²) in [6.45, 7) is 5.98. The van der Waals surface area contributed by atoms with E-state index in [1.807, 2.05) is 75.4 Å². The van der Waals surface area contributed by atoms with Crippen LogP contribution in [0.3, 0.4) is 0 Å². The lowest BCUT2D eigenvalue weighted by Gasteiger charge is -2.33. The first kappa shape index (κ1) is 30.0. The summed E-state index contributed by atoms with van der Waals surface area (Å²) in [7, 11) is -3.96. The van der Waals surface area contributed by atoms with Crippen molar-refractivity contribution in [3.63, 3.8) is 0 Å². The lowest BCUT2D eigenvalue weighted by Crippen LogP contribution is -2.52. The molecule has 1 aliphatic heterocycles. The molecule has 0 saturated carbocycles. The Morgan fingerprint density at radius 2 is 1.61 bits per heavy atom. The molecule has 0 saturated heterocycles. The molecule has 1 aliphatic rings. The number of rotatable bonds is 12. The van der Waals surface area contributed by atoms with E-state index in [0.29, 0.717) is 6.42 Å².